The van der Waals surface area contributed by atoms with Crippen molar-refractivity contribution in [2.75, 3.05) is 13.7 Å². The molecule has 5 nitrogen and oxygen atoms in total. The van der Waals surface area contributed by atoms with Crippen LogP contribution < -0.4 is 10.1 Å². The highest BCUT2D eigenvalue weighted by Gasteiger charge is 2.27. The third-order valence-electron chi connectivity index (χ3n) is 4.58. The first-order chi connectivity index (χ1) is 11.7. The lowest BCUT2D eigenvalue weighted by atomic mass is 10.0. The van der Waals surface area contributed by atoms with E-state index in [2.05, 4.69) is 5.32 Å². The van der Waals surface area contributed by atoms with E-state index in [1.165, 1.54) is 0 Å². The Morgan fingerprint density at radius 1 is 1.42 bits per heavy atom. The minimum Gasteiger partial charge on any atom is -0.497 e. The molecule has 2 aromatic rings. The number of carbonyl (C=O) groups excluding carboxylic acids is 1. The topological polar surface area (TPSA) is 71.5 Å². The maximum absolute atomic E-state index is 12.8. The molecule has 1 saturated carbocycles. The van der Waals surface area contributed by atoms with Crippen LogP contribution in [0, 0.1) is 0 Å². The van der Waals surface area contributed by atoms with Crippen molar-refractivity contribution in [3.63, 3.8) is 0 Å². The van der Waals surface area contributed by atoms with Crippen molar-refractivity contribution in [3.05, 3.63) is 35.5 Å². The molecular formula is C19H24N2O3. The second-order valence-electron chi connectivity index (χ2n) is 6.34. The summed E-state index contributed by atoms with van der Waals surface area (Å²) in [5.74, 6) is 1.07. The number of aliphatic hydroxyl groups excluding tert-OH is 1. The first-order valence-electron chi connectivity index (χ1n) is 8.56. The van der Waals surface area contributed by atoms with Crippen LogP contribution in [0.15, 0.2) is 24.3 Å². The summed E-state index contributed by atoms with van der Waals surface area (Å²) < 4.78 is 5.30. The SMILES string of the molecule is CCC(CCO)NC(=O)c1cc(C2CC2)nc2ccc(OC)cc12. The zero-order chi connectivity index (χ0) is 17.1. The molecule has 3 rings (SSSR count). The monoisotopic (exact) mass is 328 g/mol. The number of nitrogens with zero attached hydrogens (tertiary/aromatic N) is 1. The summed E-state index contributed by atoms with van der Waals surface area (Å²) in [5, 5.41) is 13.0. The molecule has 24 heavy (non-hydrogen) atoms. The highest BCUT2D eigenvalue weighted by atomic mass is 16.5. The summed E-state index contributed by atoms with van der Waals surface area (Å²) in [5.41, 5.74) is 2.45. The van der Waals surface area contributed by atoms with Crippen LogP contribution in [0.5, 0.6) is 5.75 Å². The summed E-state index contributed by atoms with van der Waals surface area (Å²) in [6.07, 6.45) is 3.62. The number of aromatic nitrogens is 1. The Kier molecular flexibility index (Phi) is 5.00. The molecule has 1 aromatic heterocycles. The number of pyridine rings is 1. The van der Waals surface area contributed by atoms with Crippen LogP contribution in [0.1, 0.15) is 54.6 Å². The number of aliphatic hydroxyl groups is 1. The number of ether oxygens (including phenoxy) is 1. The second kappa shape index (κ2) is 7.18. The Morgan fingerprint density at radius 2 is 2.21 bits per heavy atom. The van der Waals surface area contributed by atoms with E-state index < -0.39 is 0 Å². The van der Waals surface area contributed by atoms with Crippen molar-refractivity contribution < 1.29 is 14.6 Å². The third kappa shape index (κ3) is 3.51. The van der Waals surface area contributed by atoms with Crippen molar-refractivity contribution in [2.45, 2.75) is 44.6 Å². The van der Waals surface area contributed by atoms with E-state index in [9.17, 15) is 4.79 Å². The van der Waals surface area contributed by atoms with Crippen molar-refractivity contribution in [2.24, 2.45) is 0 Å². The lowest BCUT2D eigenvalue weighted by Crippen LogP contribution is -2.35. The lowest BCUT2D eigenvalue weighted by Gasteiger charge is -2.17. The third-order valence-corrected chi connectivity index (χ3v) is 4.58. The molecule has 1 aliphatic rings. The van der Waals surface area contributed by atoms with Gasteiger partial charge in [-0.15, -0.1) is 0 Å². The van der Waals surface area contributed by atoms with Crippen molar-refractivity contribution in [1.82, 2.24) is 10.3 Å². The van der Waals surface area contributed by atoms with Gasteiger partial charge in [0, 0.05) is 29.6 Å². The van der Waals surface area contributed by atoms with Crippen LogP contribution in [0.2, 0.25) is 0 Å². The summed E-state index contributed by atoms with van der Waals surface area (Å²) in [7, 11) is 1.61. The van der Waals surface area contributed by atoms with Gasteiger partial charge in [0.05, 0.1) is 18.2 Å². The molecule has 0 radical (unpaired) electrons. The molecule has 1 amide bonds. The summed E-state index contributed by atoms with van der Waals surface area (Å²) in [6, 6.07) is 7.53. The van der Waals surface area contributed by atoms with Gasteiger partial charge in [-0.05, 0) is 49.9 Å². The molecular weight excluding hydrogens is 304 g/mol. The quantitative estimate of drug-likeness (QED) is 0.819. The first kappa shape index (κ1) is 16.7. The fraction of sp³-hybridized carbons (Fsp3) is 0.474. The van der Waals surface area contributed by atoms with Gasteiger partial charge in [-0.2, -0.15) is 0 Å². The second-order valence-corrected chi connectivity index (χ2v) is 6.34. The average molecular weight is 328 g/mol. The van der Waals surface area contributed by atoms with Crippen LogP contribution in [-0.2, 0) is 0 Å². The molecule has 128 valence electrons. The number of hydrogen-bond acceptors (Lipinski definition) is 4. The Morgan fingerprint density at radius 3 is 2.83 bits per heavy atom. The standard InChI is InChI=1S/C19H24N2O3/c1-3-13(8-9-22)20-19(23)16-11-18(12-4-5-12)21-17-7-6-14(24-2)10-15(16)17/h6-7,10-13,22H,3-5,8-9H2,1-2H3,(H,20,23). The fourth-order valence-electron chi connectivity index (χ4n) is 2.93. The van der Waals surface area contributed by atoms with E-state index in [1.54, 1.807) is 7.11 Å². The van der Waals surface area contributed by atoms with E-state index in [0.29, 0.717) is 23.7 Å². The Balaban J connectivity index is 2.01. The van der Waals surface area contributed by atoms with Gasteiger partial charge in [0.25, 0.3) is 5.91 Å². The van der Waals surface area contributed by atoms with Crippen LogP contribution in [0.4, 0.5) is 0 Å². The normalized spacial score (nSPS) is 15.3. The molecule has 1 heterocycles. The Labute approximate surface area is 142 Å². The predicted molar refractivity (Wildman–Crippen MR) is 93.5 cm³/mol. The number of fused-ring (bicyclic) bond motifs is 1. The van der Waals surface area contributed by atoms with Gasteiger partial charge in [0.15, 0.2) is 0 Å². The van der Waals surface area contributed by atoms with E-state index >= 15 is 0 Å². The number of rotatable bonds is 7. The van der Waals surface area contributed by atoms with Gasteiger partial charge >= 0.3 is 0 Å². The van der Waals surface area contributed by atoms with Crippen molar-refractivity contribution >= 4 is 16.8 Å². The number of benzene rings is 1. The highest BCUT2D eigenvalue weighted by Crippen LogP contribution is 2.40. The number of amides is 1. The summed E-state index contributed by atoms with van der Waals surface area (Å²) in [6.45, 7) is 2.07. The molecule has 5 heteroatoms. The van der Waals surface area contributed by atoms with E-state index in [-0.39, 0.29) is 18.6 Å². The molecule has 1 aliphatic carbocycles. The van der Waals surface area contributed by atoms with Gasteiger partial charge in [0.2, 0.25) is 0 Å². The minimum atomic E-state index is -0.113. The maximum Gasteiger partial charge on any atom is 0.252 e. The number of carbonyl (C=O) groups is 1. The van der Waals surface area contributed by atoms with E-state index in [4.69, 9.17) is 14.8 Å². The molecule has 1 fully saturated rings. The zero-order valence-electron chi connectivity index (χ0n) is 14.2. The summed E-state index contributed by atoms with van der Waals surface area (Å²) >= 11 is 0. The summed E-state index contributed by atoms with van der Waals surface area (Å²) in [4.78, 5) is 17.6. The van der Waals surface area contributed by atoms with Gasteiger partial charge in [0.1, 0.15) is 5.75 Å². The average Bonchev–Trinajstić information content (AvgIpc) is 3.44. The first-order valence-corrected chi connectivity index (χ1v) is 8.56. The molecule has 1 aromatic carbocycles. The van der Waals surface area contributed by atoms with Crippen LogP contribution >= 0.6 is 0 Å². The van der Waals surface area contributed by atoms with Gasteiger partial charge in [-0.25, -0.2) is 0 Å². The van der Waals surface area contributed by atoms with Crippen LogP contribution in [-0.4, -0.2) is 35.8 Å². The predicted octanol–water partition coefficient (Wildman–Crippen LogP) is 3.01. The Hall–Kier alpha value is -2.14. The number of nitrogens with one attached hydrogen (secondary N) is 1. The molecule has 0 bridgehead atoms. The van der Waals surface area contributed by atoms with Gasteiger partial charge < -0.3 is 15.2 Å². The number of methoxy groups -OCH3 is 1. The molecule has 0 aliphatic heterocycles. The van der Waals surface area contributed by atoms with Crippen LogP contribution in [0.3, 0.4) is 0 Å². The molecule has 0 saturated heterocycles. The van der Waals surface area contributed by atoms with Crippen LogP contribution in [0.25, 0.3) is 10.9 Å². The smallest absolute Gasteiger partial charge is 0.252 e. The largest absolute Gasteiger partial charge is 0.497 e. The molecule has 2 N–H and O–H groups in total. The highest BCUT2D eigenvalue weighted by molar-refractivity contribution is 6.06. The Bertz CT molecular complexity index is 741. The molecule has 0 spiro atoms. The zero-order valence-corrected chi connectivity index (χ0v) is 14.2. The fourth-order valence-corrected chi connectivity index (χ4v) is 2.93. The van der Waals surface area contributed by atoms with Gasteiger partial charge in [-0.3, -0.25) is 9.78 Å². The molecule has 1 unspecified atom stereocenters. The molecule has 1 atom stereocenters. The van der Waals surface area contributed by atoms with Gasteiger partial charge in [-0.1, -0.05) is 6.92 Å². The van der Waals surface area contributed by atoms with E-state index in [1.807, 2.05) is 31.2 Å². The van der Waals surface area contributed by atoms with Crippen molar-refractivity contribution in [1.29, 1.82) is 0 Å². The van der Waals surface area contributed by atoms with E-state index in [0.717, 1.165) is 35.9 Å². The minimum absolute atomic E-state index is 0.0271. The maximum atomic E-state index is 12.8. The lowest BCUT2D eigenvalue weighted by molar-refractivity contribution is 0.0930. The number of hydrogen-bond donors (Lipinski definition) is 2. The van der Waals surface area contributed by atoms with Crippen molar-refractivity contribution in [3.8, 4) is 5.75 Å².